The highest BCUT2D eigenvalue weighted by Crippen LogP contribution is 2.31. The van der Waals surface area contributed by atoms with Gasteiger partial charge in [0.1, 0.15) is 11.5 Å². The van der Waals surface area contributed by atoms with Crippen LogP contribution in [0.1, 0.15) is 17.3 Å². The molecule has 92 valence electrons. The van der Waals surface area contributed by atoms with E-state index >= 15 is 0 Å². The third-order valence-electron chi connectivity index (χ3n) is 2.36. The number of Topliss-reactive ketones (excluding diaryl/α,β-unsaturated/α-hetero) is 1. The van der Waals surface area contributed by atoms with E-state index in [1.54, 1.807) is 30.3 Å². The van der Waals surface area contributed by atoms with E-state index < -0.39 is 0 Å². The van der Waals surface area contributed by atoms with Crippen molar-refractivity contribution in [2.24, 2.45) is 0 Å². The summed E-state index contributed by atoms with van der Waals surface area (Å²) in [5.74, 6) is 1.31. The van der Waals surface area contributed by atoms with Crippen molar-refractivity contribution in [1.29, 1.82) is 0 Å². The van der Waals surface area contributed by atoms with Crippen molar-refractivity contribution in [2.75, 3.05) is 0 Å². The van der Waals surface area contributed by atoms with E-state index in [0.29, 0.717) is 22.1 Å². The molecule has 0 N–H and O–H groups in total. The average Bonchev–Trinajstić information content (AvgIpc) is 2.31. The standard InChI is InChI=1S/C14H10BrClO2/c1-9(17)10-5-6-14(13(15)7-10)18-12-4-2-3-11(16)8-12/h2-8H,1H3. The molecular formula is C14H10BrClO2. The number of benzene rings is 2. The van der Waals surface area contributed by atoms with Gasteiger partial charge < -0.3 is 4.74 Å². The van der Waals surface area contributed by atoms with E-state index in [4.69, 9.17) is 16.3 Å². The second kappa shape index (κ2) is 5.55. The third kappa shape index (κ3) is 3.12. The van der Waals surface area contributed by atoms with Crippen LogP contribution in [0.15, 0.2) is 46.9 Å². The van der Waals surface area contributed by atoms with Crippen LogP contribution in [0.25, 0.3) is 0 Å². The van der Waals surface area contributed by atoms with Crippen LogP contribution in [0, 0.1) is 0 Å². The Kier molecular flexibility index (Phi) is 4.04. The van der Waals surface area contributed by atoms with Crippen LogP contribution in [0.5, 0.6) is 11.5 Å². The topological polar surface area (TPSA) is 26.3 Å². The molecule has 0 atom stereocenters. The molecule has 0 amide bonds. The first-order chi connectivity index (χ1) is 8.56. The molecule has 0 heterocycles. The number of halogens is 2. The number of rotatable bonds is 3. The SMILES string of the molecule is CC(=O)c1ccc(Oc2cccc(Cl)c2)c(Br)c1. The van der Waals surface area contributed by atoms with Gasteiger partial charge in [-0.15, -0.1) is 0 Å². The van der Waals surface area contributed by atoms with E-state index in [1.165, 1.54) is 6.92 Å². The van der Waals surface area contributed by atoms with Crippen LogP contribution in [0.2, 0.25) is 5.02 Å². The summed E-state index contributed by atoms with van der Waals surface area (Å²) < 4.78 is 6.41. The van der Waals surface area contributed by atoms with Crippen molar-refractivity contribution < 1.29 is 9.53 Å². The summed E-state index contributed by atoms with van der Waals surface area (Å²) >= 11 is 9.26. The highest BCUT2D eigenvalue weighted by atomic mass is 79.9. The first kappa shape index (κ1) is 13.1. The Hall–Kier alpha value is -1.32. The Morgan fingerprint density at radius 1 is 1.22 bits per heavy atom. The Morgan fingerprint density at radius 2 is 2.00 bits per heavy atom. The predicted molar refractivity (Wildman–Crippen MR) is 75.7 cm³/mol. The maximum Gasteiger partial charge on any atom is 0.159 e. The molecule has 4 heteroatoms. The maximum absolute atomic E-state index is 11.2. The molecule has 0 spiro atoms. The molecular weight excluding hydrogens is 316 g/mol. The molecule has 2 rings (SSSR count). The van der Waals surface area contributed by atoms with Crippen LogP contribution in [-0.4, -0.2) is 5.78 Å². The van der Waals surface area contributed by atoms with Gasteiger partial charge in [0.05, 0.1) is 4.47 Å². The van der Waals surface area contributed by atoms with Gasteiger partial charge in [0.15, 0.2) is 5.78 Å². The lowest BCUT2D eigenvalue weighted by Crippen LogP contribution is -1.93. The number of carbonyl (C=O) groups excluding carboxylic acids is 1. The zero-order chi connectivity index (χ0) is 13.1. The summed E-state index contributed by atoms with van der Waals surface area (Å²) in [5.41, 5.74) is 0.639. The zero-order valence-electron chi connectivity index (χ0n) is 9.61. The molecule has 0 aromatic heterocycles. The summed E-state index contributed by atoms with van der Waals surface area (Å²) in [6.07, 6.45) is 0. The smallest absolute Gasteiger partial charge is 0.159 e. The quantitative estimate of drug-likeness (QED) is 0.734. The second-order valence-corrected chi connectivity index (χ2v) is 5.05. The van der Waals surface area contributed by atoms with E-state index in [2.05, 4.69) is 15.9 Å². The molecule has 18 heavy (non-hydrogen) atoms. The van der Waals surface area contributed by atoms with Crippen molar-refractivity contribution in [2.45, 2.75) is 6.92 Å². The molecule has 2 aromatic rings. The Labute approximate surface area is 119 Å². The third-order valence-corrected chi connectivity index (χ3v) is 3.22. The van der Waals surface area contributed by atoms with E-state index in [0.717, 1.165) is 4.47 Å². The molecule has 2 aromatic carbocycles. The van der Waals surface area contributed by atoms with Crippen molar-refractivity contribution in [3.63, 3.8) is 0 Å². The molecule has 0 unspecified atom stereocenters. The van der Waals surface area contributed by atoms with Crippen LogP contribution < -0.4 is 4.74 Å². The normalized spacial score (nSPS) is 10.2. The van der Waals surface area contributed by atoms with Gasteiger partial charge in [0.2, 0.25) is 0 Å². The summed E-state index contributed by atoms with van der Waals surface area (Å²) in [6.45, 7) is 1.53. The van der Waals surface area contributed by atoms with Crippen molar-refractivity contribution in [1.82, 2.24) is 0 Å². The van der Waals surface area contributed by atoms with Crippen LogP contribution in [-0.2, 0) is 0 Å². The van der Waals surface area contributed by atoms with Gasteiger partial charge in [-0.1, -0.05) is 17.7 Å². The van der Waals surface area contributed by atoms with Crippen LogP contribution in [0.4, 0.5) is 0 Å². The molecule has 0 fully saturated rings. The number of carbonyl (C=O) groups is 1. The van der Waals surface area contributed by atoms with Crippen LogP contribution in [0.3, 0.4) is 0 Å². The zero-order valence-corrected chi connectivity index (χ0v) is 12.0. The largest absolute Gasteiger partial charge is 0.456 e. The minimum absolute atomic E-state index is 0.0185. The molecule has 0 aliphatic heterocycles. The fourth-order valence-corrected chi connectivity index (χ4v) is 2.10. The number of hydrogen-bond acceptors (Lipinski definition) is 2. The number of ether oxygens (including phenoxy) is 1. The molecule has 0 radical (unpaired) electrons. The summed E-state index contributed by atoms with van der Waals surface area (Å²) in [4.78, 5) is 11.2. The first-order valence-corrected chi connectivity index (χ1v) is 6.47. The van der Waals surface area contributed by atoms with E-state index in [9.17, 15) is 4.79 Å². The lowest BCUT2D eigenvalue weighted by Gasteiger charge is -2.08. The van der Waals surface area contributed by atoms with Gasteiger partial charge in [-0.3, -0.25) is 4.79 Å². The first-order valence-electron chi connectivity index (χ1n) is 5.30. The molecule has 2 nitrogen and oxygen atoms in total. The maximum atomic E-state index is 11.2. The fraction of sp³-hybridized carbons (Fsp3) is 0.0714. The second-order valence-electron chi connectivity index (χ2n) is 3.76. The van der Waals surface area contributed by atoms with Gasteiger partial charge in [0, 0.05) is 10.6 Å². The van der Waals surface area contributed by atoms with E-state index in [1.807, 2.05) is 12.1 Å². The lowest BCUT2D eigenvalue weighted by atomic mass is 10.1. The Morgan fingerprint density at radius 3 is 2.61 bits per heavy atom. The van der Waals surface area contributed by atoms with Gasteiger partial charge in [-0.2, -0.15) is 0 Å². The summed E-state index contributed by atoms with van der Waals surface area (Å²) in [7, 11) is 0. The molecule has 0 saturated heterocycles. The Balaban J connectivity index is 2.27. The number of hydrogen-bond donors (Lipinski definition) is 0. The monoisotopic (exact) mass is 324 g/mol. The van der Waals surface area contributed by atoms with Gasteiger partial charge >= 0.3 is 0 Å². The van der Waals surface area contributed by atoms with Gasteiger partial charge in [0.25, 0.3) is 0 Å². The molecule has 0 aliphatic carbocycles. The predicted octanol–water partition coefficient (Wildman–Crippen LogP) is 5.10. The average molecular weight is 326 g/mol. The highest BCUT2D eigenvalue weighted by Gasteiger charge is 2.06. The highest BCUT2D eigenvalue weighted by molar-refractivity contribution is 9.10. The minimum Gasteiger partial charge on any atom is -0.456 e. The van der Waals surface area contributed by atoms with Crippen molar-refractivity contribution in [3.8, 4) is 11.5 Å². The summed E-state index contributed by atoms with van der Waals surface area (Å²) in [5, 5.41) is 0.615. The summed E-state index contributed by atoms with van der Waals surface area (Å²) in [6, 6.07) is 12.4. The Bertz CT molecular complexity index is 596. The molecule has 0 bridgehead atoms. The van der Waals surface area contributed by atoms with Crippen LogP contribution >= 0.6 is 27.5 Å². The number of ketones is 1. The van der Waals surface area contributed by atoms with Crippen molar-refractivity contribution >= 4 is 33.3 Å². The van der Waals surface area contributed by atoms with Gasteiger partial charge in [-0.25, -0.2) is 0 Å². The minimum atomic E-state index is 0.0185. The van der Waals surface area contributed by atoms with Gasteiger partial charge in [-0.05, 0) is 59.3 Å². The van der Waals surface area contributed by atoms with Crippen molar-refractivity contribution in [3.05, 3.63) is 57.5 Å². The lowest BCUT2D eigenvalue weighted by molar-refractivity contribution is 0.101. The fourth-order valence-electron chi connectivity index (χ4n) is 1.46. The molecule has 0 aliphatic rings. The van der Waals surface area contributed by atoms with E-state index in [-0.39, 0.29) is 5.78 Å². The molecule has 0 saturated carbocycles.